The van der Waals surface area contributed by atoms with Crippen molar-refractivity contribution in [2.75, 3.05) is 5.33 Å². The molecule has 86 valence electrons. The normalized spacial score (nSPS) is 41.9. The van der Waals surface area contributed by atoms with Gasteiger partial charge in [-0.15, -0.1) is 0 Å². The van der Waals surface area contributed by atoms with E-state index in [1.54, 1.807) is 0 Å². The molecule has 2 bridgehead atoms. The largest absolute Gasteiger partial charge is 0.461 e. The molecule has 0 spiro atoms. The average Bonchev–Trinajstić information content (AvgIpc) is 2.63. The average molecular weight is 275 g/mol. The number of carbonyl (C=O) groups is 1. The van der Waals surface area contributed by atoms with Crippen LogP contribution in [-0.4, -0.2) is 17.4 Å². The highest BCUT2D eigenvalue weighted by atomic mass is 79.9. The Bertz CT molecular complexity index is 283. The fourth-order valence-corrected chi connectivity index (χ4v) is 3.85. The lowest BCUT2D eigenvalue weighted by Gasteiger charge is -2.41. The van der Waals surface area contributed by atoms with E-state index in [2.05, 4.69) is 36.7 Å². The van der Waals surface area contributed by atoms with Crippen LogP contribution < -0.4 is 0 Å². The molecule has 2 fully saturated rings. The summed E-state index contributed by atoms with van der Waals surface area (Å²) < 4.78 is 5.63. The monoisotopic (exact) mass is 274 g/mol. The molecule has 3 atom stereocenters. The number of alkyl halides is 1. The van der Waals surface area contributed by atoms with Gasteiger partial charge in [-0.05, 0) is 25.2 Å². The summed E-state index contributed by atoms with van der Waals surface area (Å²) in [5, 5.41) is 0.306. The van der Waals surface area contributed by atoms with Crippen molar-refractivity contribution >= 4 is 21.9 Å². The van der Waals surface area contributed by atoms with E-state index in [1.165, 1.54) is 19.3 Å². The van der Waals surface area contributed by atoms with Gasteiger partial charge >= 0.3 is 5.97 Å². The van der Waals surface area contributed by atoms with Crippen molar-refractivity contribution in [1.82, 2.24) is 0 Å². The van der Waals surface area contributed by atoms with Crippen LogP contribution in [-0.2, 0) is 9.53 Å². The fraction of sp³-hybridized carbons (Fsp3) is 0.917. The van der Waals surface area contributed by atoms with Crippen molar-refractivity contribution in [2.24, 2.45) is 16.7 Å². The zero-order chi connectivity index (χ0) is 11.3. The highest BCUT2D eigenvalue weighted by molar-refractivity contribution is 9.09. The Morgan fingerprint density at radius 1 is 1.47 bits per heavy atom. The molecule has 15 heavy (non-hydrogen) atoms. The fourth-order valence-electron chi connectivity index (χ4n) is 3.71. The van der Waals surface area contributed by atoms with Crippen molar-refractivity contribution < 1.29 is 9.53 Å². The lowest BCUT2D eigenvalue weighted by Crippen LogP contribution is -2.43. The number of rotatable bonds is 2. The second-order valence-electron chi connectivity index (χ2n) is 5.92. The molecule has 2 aliphatic rings. The first kappa shape index (κ1) is 11.4. The summed E-state index contributed by atoms with van der Waals surface area (Å²) in [7, 11) is 0. The number of ether oxygens (including phenoxy) is 1. The lowest BCUT2D eigenvalue weighted by atomic mass is 9.70. The third-order valence-electron chi connectivity index (χ3n) is 4.50. The highest BCUT2D eigenvalue weighted by Crippen LogP contribution is 2.63. The third-order valence-corrected chi connectivity index (χ3v) is 4.95. The van der Waals surface area contributed by atoms with Crippen molar-refractivity contribution in [2.45, 2.75) is 46.1 Å². The number of halogens is 1. The van der Waals surface area contributed by atoms with Gasteiger partial charge in [0.15, 0.2) is 0 Å². The van der Waals surface area contributed by atoms with E-state index in [9.17, 15) is 4.79 Å². The van der Waals surface area contributed by atoms with Gasteiger partial charge in [-0.1, -0.05) is 36.7 Å². The van der Waals surface area contributed by atoms with Gasteiger partial charge < -0.3 is 4.74 Å². The van der Waals surface area contributed by atoms with Gasteiger partial charge in [0.2, 0.25) is 0 Å². The molecule has 0 aromatic rings. The summed E-state index contributed by atoms with van der Waals surface area (Å²) in [6.07, 6.45) is 3.83. The van der Waals surface area contributed by atoms with Crippen LogP contribution >= 0.6 is 15.9 Å². The van der Waals surface area contributed by atoms with Crippen molar-refractivity contribution in [3.05, 3.63) is 0 Å². The molecule has 2 saturated carbocycles. The van der Waals surface area contributed by atoms with Gasteiger partial charge in [-0.2, -0.15) is 0 Å². The Morgan fingerprint density at radius 3 is 2.60 bits per heavy atom. The molecular formula is C12H19BrO2. The predicted molar refractivity (Wildman–Crippen MR) is 62.9 cm³/mol. The van der Waals surface area contributed by atoms with Gasteiger partial charge in [-0.3, -0.25) is 4.79 Å². The summed E-state index contributed by atoms with van der Waals surface area (Å²) in [5.41, 5.74) is 0.386. The summed E-state index contributed by atoms with van der Waals surface area (Å²) in [5.74, 6) is 0.609. The molecule has 2 aliphatic carbocycles. The molecule has 0 N–H and O–H groups in total. The van der Waals surface area contributed by atoms with E-state index in [0.717, 1.165) is 5.92 Å². The molecule has 2 nitrogen and oxygen atoms in total. The first-order valence-electron chi connectivity index (χ1n) is 5.65. The smallest absolute Gasteiger partial charge is 0.316 e. The minimum atomic E-state index is -0.123. The number of fused-ring (bicyclic) bond motifs is 2. The summed E-state index contributed by atoms with van der Waals surface area (Å²) in [6.45, 7) is 6.76. The Morgan fingerprint density at radius 2 is 2.13 bits per heavy atom. The van der Waals surface area contributed by atoms with E-state index in [0.29, 0.717) is 5.33 Å². The highest BCUT2D eigenvalue weighted by Gasteiger charge is 2.61. The second kappa shape index (κ2) is 3.47. The van der Waals surface area contributed by atoms with Crippen molar-refractivity contribution in [1.29, 1.82) is 0 Å². The van der Waals surface area contributed by atoms with Gasteiger partial charge in [0.25, 0.3) is 0 Å². The topological polar surface area (TPSA) is 26.3 Å². The van der Waals surface area contributed by atoms with Crippen molar-refractivity contribution in [3.8, 4) is 0 Å². The van der Waals surface area contributed by atoms with Crippen LogP contribution in [0.2, 0.25) is 0 Å². The number of hydrogen-bond acceptors (Lipinski definition) is 2. The van der Waals surface area contributed by atoms with Crippen LogP contribution in [0.1, 0.15) is 40.0 Å². The molecule has 0 aromatic carbocycles. The molecule has 0 aliphatic heterocycles. The van der Waals surface area contributed by atoms with E-state index in [1.807, 2.05) is 0 Å². The molecule has 0 heterocycles. The maximum Gasteiger partial charge on any atom is 0.316 e. The predicted octanol–water partition coefficient (Wildman–Crippen LogP) is 3.14. The minimum absolute atomic E-state index is 0.105. The third kappa shape index (κ3) is 1.63. The summed E-state index contributed by atoms with van der Waals surface area (Å²) in [6, 6.07) is 0. The molecule has 0 unspecified atom stereocenters. The summed E-state index contributed by atoms with van der Waals surface area (Å²) in [4.78, 5) is 11.4. The Kier molecular flexibility index (Phi) is 2.65. The van der Waals surface area contributed by atoms with Gasteiger partial charge in [0.05, 0.1) is 0 Å². The zero-order valence-corrected chi connectivity index (χ0v) is 11.3. The van der Waals surface area contributed by atoms with E-state index in [-0.39, 0.29) is 22.9 Å². The maximum atomic E-state index is 11.4. The number of esters is 1. The Labute approximate surface area is 99.9 Å². The first-order chi connectivity index (χ1) is 6.90. The van der Waals surface area contributed by atoms with Crippen LogP contribution in [0.4, 0.5) is 0 Å². The molecule has 2 rings (SSSR count). The first-order valence-corrected chi connectivity index (χ1v) is 6.78. The molecule has 0 saturated heterocycles. The molecule has 3 heteroatoms. The zero-order valence-electron chi connectivity index (χ0n) is 9.68. The van der Waals surface area contributed by atoms with Crippen LogP contribution in [0.3, 0.4) is 0 Å². The Hall–Kier alpha value is -0.0500. The second-order valence-corrected chi connectivity index (χ2v) is 6.48. The standard InChI is InChI=1S/C12H19BrO2/c1-11(2)8-4-5-12(3,6-8)10(11)15-9(14)7-13/h8,10H,4-7H2,1-3H3/t8-,10+,12+/m0/s1. The quantitative estimate of drug-likeness (QED) is 0.571. The molecule has 0 amide bonds. The minimum Gasteiger partial charge on any atom is -0.461 e. The van der Waals surface area contributed by atoms with Crippen LogP contribution in [0.5, 0.6) is 0 Å². The van der Waals surface area contributed by atoms with Gasteiger partial charge in [0, 0.05) is 10.8 Å². The van der Waals surface area contributed by atoms with Gasteiger partial charge in [-0.25, -0.2) is 0 Å². The van der Waals surface area contributed by atoms with Gasteiger partial charge in [0.1, 0.15) is 11.4 Å². The van der Waals surface area contributed by atoms with Crippen LogP contribution in [0, 0.1) is 16.7 Å². The van der Waals surface area contributed by atoms with E-state index >= 15 is 0 Å². The number of hydrogen-bond donors (Lipinski definition) is 0. The molecular weight excluding hydrogens is 256 g/mol. The van der Waals surface area contributed by atoms with E-state index < -0.39 is 0 Å². The van der Waals surface area contributed by atoms with E-state index in [4.69, 9.17) is 4.74 Å². The number of carbonyl (C=O) groups excluding carboxylic acids is 1. The summed E-state index contributed by atoms with van der Waals surface area (Å²) >= 11 is 3.16. The molecule has 0 radical (unpaired) electrons. The SMILES string of the molecule is CC1(C)[C@H]2CC[C@](C)(C2)[C@@H]1OC(=O)CBr. The lowest BCUT2D eigenvalue weighted by molar-refractivity contribution is -0.161. The Balaban J connectivity index is 2.19. The van der Waals surface area contributed by atoms with Crippen molar-refractivity contribution in [3.63, 3.8) is 0 Å². The molecule has 0 aromatic heterocycles. The van der Waals surface area contributed by atoms with Crippen LogP contribution in [0.25, 0.3) is 0 Å². The maximum absolute atomic E-state index is 11.4. The van der Waals surface area contributed by atoms with Crippen LogP contribution in [0.15, 0.2) is 0 Å².